The molecule has 1 aromatic carbocycles. The van der Waals surface area contributed by atoms with E-state index in [2.05, 4.69) is 4.74 Å². The van der Waals surface area contributed by atoms with Crippen LogP contribution in [0.15, 0.2) is 23.1 Å². The molecule has 0 aliphatic rings. The molecule has 8 heteroatoms. The zero-order chi connectivity index (χ0) is 15.3. The normalized spacial score (nSPS) is 10.9. The highest BCUT2D eigenvalue weighted by molar-refractivity contribution is 7.89. The van der Waals surface area contributed by atoms with E-state index in [1.54, 1.807) is 6.07 Å². The number of benzene rings is 1. The number of rotatable bonds is 5. The van der Waals surface area contributed by atoms with Crippen LogP contribution in [-0.4, -0.2) is 46.5 Å². The number of hydrogen-bond donors (Lipinski definition) is 0. The van der Waals surface area contributed by atoms with Crippen LogP contribution in [0.2, 0.25) is 0 Å². The van der Waals surface area contributed by atoms with Gasteiger partial charge in [-0.1, -0.05) is 0 Å². The molecule has 0 amide bonds. The van der Waals surface area contributed by atoms with Crippen LogP contribution in [0.3, 0.4) is 0 Å². The number of nitriles is 1. The van der Waals surface area contributed by atoms with Gasteiger partial charge in [0.15, 0.2) is 6.61 Å². The standard InChI is InChI=1S/C12H14N2O5S/c1-14(2)20(16,17)11-8-9(4-5-10(11)18-3)12(15)19-7-6-13/h4-5,8H,7H2,1-3H3. The van der Waals surface area contributed by atoms with Crippen LogP contribution in [0.5, 0.6) is 5.75 Å². The maximum Gasteiger partial charge on any atom is 0.339 e. The van der Waals surface area contributed by atoms with Crippen molar-refractivity contribution >= 4 is 16.0 Å². The summed E-state index contributed by atoms with van der Waals surface area (Å²) in [6.45, 7) is -0.402. The predicted molar refractivity (Wildman–Crippen MR) is 69.8 cm³/mol. The van der Waals surface area contributed by atoms with Gasteiger partial charge in [0, 0.05) is 14.1 Å². The van der Waals surface area contributed by atoms with Crippen LogP contribution in [-0.2, 0) is 14.8 Å². The summed E-state index contributed by atoms with van der Waals surface area (Å²) in [5.41, 5.74) is 0.0291. The molecule has 20 heavy (non-hydrogen) atoms. The molecule has 0 N–H and O–H groups in total. The Kier molecular flexibility index (Phi) is 5.07. The number of methoxy groups -OCH3 is 1. The third-order valence-corrected chi connectivity index (χ3v) is 4.26. The SMILES string of the molecule is COc1ccc(C(=O)OCC#N)cc1S(=O)(=O)N(C)C. The second-order valence-corrected chi connectivity index (χ2v) is 6.01. The average molecular weight is 298 g/mol. The minimum atomic E-state index is -3.76. The Bertz CT molecular complexity index is 646. The Balaban J connectivity index is 3.30. The largest absolute Gasteiger partial charge is 0.495 e. The van der Waals surface area contributed by atoms with Crippen molar-refractivity contribution in [3.8, 4) is 11.8 Å². The van der Waals surface area contributed by atoms with Gasteiger partial charge in [-0.2, -0.15) is 5.26 Å². The van der Waals surface area contributed by atoms with Gasteiger partial charge in [-0.05, 0) is 18.2 Å². The summed E-state index contributed by atoms with van der Waals surface area (Å²) in [5, 5.41) is 8.35. The van der Waals surface area contributed by atoms with E-state index in [-0.39, 0.29) is 16.2 Å². The van der Waals surface area contributed by atoms with E-state index >= 15 is 0 Å². The lowest BCUT2D eigenvalue weighted by atomic mass is 10.2. The van der Waals surface area contributed by atoms with E-state index in [0.29, 0.717) is 0 Å². The minimum Gasteiger partial charge on any atom is -0.495 e. The predicted octanol–water partition coefficient (Wildman–Crippen LogP) is 0.626. The van der Waals surface area contributed by atoms with Gasteiger partial charge >= 0.3 is 5.97 Å². The lowest BCUT2D eigenvalue weighted by Gasteiger charge is -2.15. The number of carbonyl (C=O) groups excluding carboxylic acids is 1. The molecule has 0 aromatic heterocycles. The first kappa shape index (κ1) is 15.9. The lowest BCUT2D eigenvalue weighted by Crippen LogP contribution is -2.23. The molecule has 1 aromatic rings. The summed E-state index contributed by atoms with van der Waals surface area (Å²) >= 11 is 0. The van der Waals surface area contributed by atoms with Crippen molar-refractivity contribution in [3.63, 3.8) is 0 Å². The maximum atomic E-state index is 12.1. The quantitative estimate of drug-likeness (QED) is 0.739. The molecule has 0 fully saturated rings. The molecular formula is C12H14N2O5S. The maximum absolute atomic E-state index is 12.1. The number of nitrogens with zero attached hydrogens (tertiary/aromatic N) is 2. The molecule has 0 saturated carbocycles. The van der Waals surface area contributed by atoms with Gasteiger partial charge in [0.2, 0.25) is 10.0 Å². The average Bonchev–Trinajstić information content (AvgIpc) is 2.43. The van der Waals surface area contributed by atoms with E-state index in [4.69, 9.17) is 10.00 Å². The van der Waals surface area contributed by atoms with Gasteiger partial charge < -0.3 is 9.47 Å². The highest BCUT2D eigenvalue weighted by atomic mass is 32.2. The molecule has 0 radical (unpaired) electrons. The zero-order valence-electron chi connectivity index (χ0n) is 11.3. The highest BCUT2D eigenvalue weighted by Crippen LogP contribution is 2.27. The fourth-order valence-electron chi connectivity index (χ4n) is 1.38. The second kappa shape index (κ2) is 6.36. The topological polar surface area (TPSA) is 96.7 Å². The number of sulfonamides is 1. The van der Waals surface area contributed by atoms with Gasteiger partial charge in [-0.15, -0.1) is 0 Å². The first-order valence-electron chi connectivity index (χ1n) is 5.49. The monoisotopic (exact) mass is 298 g/mol. The first-order valence-corrected chi connectivity index (χ1v) is 6.93. The molecule has 7 nitrogen and oxygen atoms in total. The van der Waals surface area contributed by atoms with Crippen molar-refractivity contribution in [3.05, 3.63) is 23.8 Å². The third kappa shape index (κ3) is 3.26. The Morgan fingerprint density at radius 2 is 2.05 bits per heavy atom. The summed E-state index contributed by atoms with van der Waals surface area (Å²) in [5.74, 6) is -0.653. The van der Waals surface area contributed by atoms with E-state index in [9.17, 15) is 13.2 Å². The van der Waals surface area contributed by atoms with Crippen LogP contribution in [0, 0.1) is 11.3 Å². The third-order valence-electron chi connectivity index (χ3n) is 2.43. The molecule has 0 aliphatic heterocycles. The van der Waals surface area contributed by atoms with E-state index in [0.717, 1.165) is 10.4 Å². The van der Waals surface area contributed by atoms with Gasteiger partial charge in [-0.25, -0.2) is 17.5 Å². The number of esters is 1. The van der Waals surface area contributed by atoms with Gasteiger partial charge in [0.05, 0.1) is 12.7 Å². The Morgan fingerprint density at radius 1 is 1.40 bits per heavy atom. The van der Waals surface area contributed by atoms with Crippen molar-refractivity contribution in [2.45, 2.75) is 4.90 Å². The smallest absolute Gasteiger partial charge is 0.339 e. The van der Waals surface area contributed by atoms with Crippen molar-refractivity contribution in [1.29, 1.82) is 5.26 Å². The van der Waals surface area contributed by atoms with Crippen LogP contribution >= 0.6 is 0 Å². The molecule has 0 bridgehead atoms. The zero-order valence-corrected chi connectivity index (χ0v) is 12.1. The summed E-state index contributed by atoms with van der Waals surface area (Å²) in [6, 6.07) is 5.55. The van der Waals surface area contributed by atoms with Gasteiger partial charge in [0.25, 0.3) is 0 Å². The van der Waals surface area contributed by atoms with Crippen molar-refractivity contribution < 1.29 is 22.7 Å². The molecule has 108 valence electrons. The minimum absolute atomic E-state index is 0.0291. The van der Waals surface area contributed by atoms with Gasteiger partial charge in [-0.3, -0.25) is 0 Å². The first-order chi connectivity index (χ1) is 9.34. The van der Waals surface area contributed by atoms with Gasteiger partial charge in [0.1, 0.15) is 16.7 Å². The van der Waals surface area contributed by atoms with E-state index in [1.807, 2.05) is 0 Å². The molecule has 0 atom stereocenters. The van der Waals surface area contributed by atoms with E-state index in [1.165, 1.54) is 33.3 Å². The van der Waals surface area contributed by atoms with Crippen LogP contribution < -0.4 is 4.74 Å². The number of hydrogen-bond acceptors (Lipinski definition) is 6. The van der Waals surface area contributed by atoms with Crippen LogP contribution in [0.25, 0.3) is 0 Å². The lowest BCUT2D eigenvalue weighted by molar-refractivity contribution is 0.0554. The highest BCUT2D eigenvalue weighted by Gasteiger charge is 2.24. The Labute approximate surface area is 117 Å². The van der Waals surface area contributed by atoms with Crippen LogP contribution in [0.1, 0.15) is 10.4 Å². The fraction of sp³-hybridized carbons (Fsp3) is 0.333. The molecule has 1 rings (SSSR count). The van der Waals surface area contributed by atoms with Crippen LogP contribution in [0.4, 0.5) is 0 Å². The molecule has 0 heterocycles. The molecule has 0 spiro atoms. The van der Waals surface area contributed by atoms with Crippen molar-refractivity contribution in [2.24, 2.45) is 0 Å². The number of carbonyl (C=O) groups is 1. The fourth-order valence-corrected chi connectivity index (χ4v) is 2.46. The van der Waals surface area contributed by atoms with Crippen molar-refractivity contribution in [2.75, 3.05) is 27.8 Å². The summed E-state index contributed by atoms with van der Waals surface area (Å²) in [6.07, 6.45) is 0. The second-order valence-electron chi connectivity index (χ2n) is 3.89. The van der Waals surface area contributed by atoms with Crippen molar-refractivity contribution in [1.82, 2.24) is 4.31 Å². The summed E-state index contributed by atoms with van der Waals surface area (Å²) < 4.78 is 34.9. The van der Waals surface area contributed by atoms with E-state index < -0.39 is 22.6 Å². The molecule has 0 aliphatic carbocycles. The summed E-state index contributed by atoms with van der Waals surface area (Å²) in [4.78, 5) is 11.5. The summed E-state index contributed by atoms with van der Waals surface area (Å²) in [7, 11) is 0.311. The molecule has 0 unspecified atom stereocenters. The molecule has 0 saturated heterocycles. The Hall–Kier alpha value is -2.11. The number of ether oxygens (including phenoxy) is 2. The Morgan fingerprint density at radius 3 is 2.55 bits per heavy atom. The molecular weight excluding hydrogens is 284 g/mol.